The second-order valence-electron chi connectivity index (χ2n) is 6.68. The molecule has 1 aliphatic heterocycles. The second kappa shape index (κ2) is 8.68. The molecule has 0 saturated carbocycles. The molecule has 0 radical (unpaired) electrons. The van der Waals surface area contributed by atoms with Crippen molar-refractivity contribution in [1.82, 2.24) is 4.90 Å². The van der Waals surface area contributed by atoms with Gasteiger partial charge in [-0.05, 0) is 30.9 Å². The largest absolute Gasteiger partial charge is 0.497 e. The van der Waals surface area contributed by atoms with E-state index in [4.69, 9.17) is 4.74 Å². The van der Waals surface area contributed by atoms with Gasteiger partial charge in [-0.15, -0.1) is 0 Å². The first-order valence-corrected chi connectivity index (χ1v) is 8.51. The summed E-state index contributed by atoms with van der Waals surface area (Å²) in [6.07, 6.45) is 2.26. The minimum atomic E-state index is -0.111. The van der Waals surface area contributed by atoms with E-state index in [-0.39, 0.29) is 18.4 Å². The monoisotopic (exact) mass is 334 g/mol. The smallest absolute Gasteiger partial charge is 0.279 e. The van der Waals surface area contributed by atoms with Crippen molar-refractivity contribution in [3.8, 4) is 5.75 Å². The molecule has 132 valence electrons. The van der Waals surface area contributed by atoms with Gasteiger partial charge in [0.25, 0.3) is 11.8 Å². The molecule has 0 spiro atoms. The summed E-state index contributed by atoms with van der Waals surface area (Å²) in [6.45, 7) is 4.46. The lowest BCUT2D eigenvalue weighted by atomic mass is 10.0. The molecule has 1 aliphatic rings. The number of benzene rings is 1. The summed E-state index contributed by atoms with van der Waals surface area (Å²) in [7, 11) is 3.46. The van der Waals surface area contributed by atoms with Crippen LogP contribution in [-0.2, 0) is 9.59 Å². The van der Waals surface area contributed by atoms with E-state index in [1.54, 1.807) is 13.2 Å². The van der Waals surface area contributed by atoms with Crippen LogP contribution in [0, 0.1) is 5.92 Å². The molecule has 1 fully saturated rings. The van der Waals surface area contributed by atoms with Crippen LogP contribution in [0.3, 0.4) is 0 Å². The van der Waals surface area contributed by atoms with Crippen molar-refractivity contribution in [2.75, 3.05) is 45.7 Å². The lowest BCUT2D eigenvalue weighted by molar-refractivity contribution is -0.862. The number of nitrogens with zero attached hydrogens (tertiary/aromatic N) is 1. The minimum Gasteiger partial charge on any atom is -0.497 e. The van der Waals surface area contributed by atoms with Crippen LogP contribution in [0.1, 0.15) is 19.8 Å². The fourth-order valence-corrected chi connectivity index (χ4v) is 3.03. The van der Waals surface area contributed by atoms with Crippen molar-refractivity contribution in [1.29, 1.82) is 0 Å². The molecular formula is C18H28N3O3+. The summed E-state index contributed by atoms with van der Waals surface area (Å²) in [5, 5.41) is 2.84. The Morgan fingerprint density at radius 1 is 1.38 bits per heavy atom. The lowest BCUT2D eigenvalue weighted by Crippen LogP contribution is -3.11. The maximum Gasteiger partial charge on any atom is 0.279 e. The Labute approximate surface area is 143 Å². The Bertz CT molecular complexity index is 576. The van der Waals surface area contributed by atoms with Crippen LogP contribution in [0.15, 0.2) is 24.3 Å². The average molecular weight is 334 g/mol. The van der Waals surface area contributed by atoms with Crippen molar-refractivity contribution in [3.63, 3.8) is 0 Å². The molecule has 1 unspecified atom stereocenters. The van der Waals surface area contributed by atoms with E-state index in [0.29, 0.717) is 23.9 Å². The summed E-state index contributed by atoms with van der Waals surface area (Å²) in [4.78, 5) is 27.3. The topological polar surface area (TPSA) is 63.1 Å². The lowest BCUT2D eigenvalue weighted by Gasteiger charge is -2.31. The molecule has 24 heavy (non-hydrogen) atoms. The summed E-state index contributed by atoms with van der Waals surface area (Å²) in [6, 6.07) is 7.24. The first kappa shape index (κ1) is 18.3. The van der Waals surface area contributed by atoms with Gasteiger partial charge in [0.05, 0.1) is 14.2 Å². The van der Waals surface area contributed by atoms with Gasteiger partial charge >= 0.3 is 0 Å². The molecular weight excluding hydrogens is 306 g/mol. The van der Waals surface area contributed by atoms with E-state index < -0.39 is 0 Å². The number of anilines is 1. The molecule has 0 aromatic heterocycles. The zero-order chi connectivity index (χ0) is 17.5. The standard InChI is InChI=1S/C18H27N3O3/c1-14-6-5-9-21(11-14)18(23)13-20(2)12-17(22)19-15-7-4-8-16(10-15)24-3/h4,7-8,10,14H,5-6,9,11-13H2,1-3H3,(H,19,22)/p+1/t14-/m1/s1. The number of carbonyl (C=O) groups is 2. The van der Waals surface area contributed by atoms with Gasteiger partial charge in [0.2, 0.25) is 0 Å². The van der Waals surface area contributed by atoms with Gasteiger partial charge in [0.1, 0.15) is 5.75 Å². The van der Waals surface area contributed by atoms with Gasteiger partial charge in [-0.1, -0.05) is 13.0 Å². The first-order valence-electron chi connectivity index (χ1n) is 8.51. The van der Waals surface area contributed by atoms with Crippen molar-refractivity contribution in [2.24, 2.45) is 5.92 Å². The predicted octanol–water partition coefficient (Wildman–Crippen LogP) is 0.407. The van der Waals surface area contributed by atoms with E-state index in [0.717, 1.165) is 24.4 Å². The molecule has 2 rings (SSSR count). The number of rotatable bonds is 6. The van der Waals surface area contributed by atoms with Crippen molar-refractivity contribution in [3.05, 3.63) is 24.3 Å². The van der Waals surface area contributed by atoms with Crippen LogP contribution < -0.4 is 15.0 Å². The molecule has 6 heteroatoms. The van der Waals surface area contributed by atoms with Crippen molar-refractivity contribution in [2.45, 2.75) is 19.8 Å². The Morgan fingerprint density at radius 3 is 2.88 bits per heavy atom. The highest BCUT2D eigenvalue weighted by molar-refractivity contribution is 5.91. The van der Waals surface area contributed by atoms with E-state index >= 15 is 0 Å². The summed E-state index contributed by atoms with van der Waals surface area (Å²) in [5.74, 6) is 1.29. The van der Waals surface area contributed by atoms with Gasteiger partial charge in [-0.3, -0.25) is 9.59 Å². The number of quaternary nitrogens is 1. The van der Waals surface area contributed by atoms with Gasteiger partial charge in [0.15, 0.2) is 13.1 Å². The maximum atomic E-state index is 12.3. The van der Waals surface area contributed by atoms with Crippen molar-refractivity contribution < 1.29 is 19.2 Å². The van der Waals surface area contributed by atoms with Crippen LogP contribution >= 0.6 is 0 Å². The van der Waals surface area contributed by atoms with Gasteiger partial charge in [-0.2, -0.15) is 0 Å². The normalized spacial score (nSPS) is 18.8. The summed E-state index contributed by atoms with van der Waals surface area (Å²) >= 11 is 0. The third-order valence-electron chi connectivity index (χ3n) is 4.28. The number of nitrogens with one attached hydrogen (secondary N) is 2. The maximum absolute atomic E-state index is 12.3. The van der Waals surface area contributed by atoms with Crippen LogP contribution in [0.25, 0.3) is 0 Å². The number of hydrogen-bond acceptors (Lipinski definition) is 3. The third kappa shape index (κ3) is 5.53. The highest BCUT2D eigenvalue weighted by Crippen LogP contribution is 2.16. The van der Waals surface area contributed by atoms with Crippen LogP contribution in [0.2, 0.25) is 0 Å². The number of amides is 2. The molecule has 2 amide bonds. The number of likely N-dealkylation sites (N-methyl/N-ethyl adjacent to an activating group) is 1. The van der Waals surface area contributed by atoms with E-state index in [9.17, 15) is 9.59 Å². The average Bonchev–Trinajstić information content (AvgIpc) is 2.54. The molecule has 6 nitrogen and oxygen atoms in total. The zero-order valence-corrected chi connectivity index (χ0v) is 14.8. The number of likely N-dealkylation sites (tertiary alicyclic amines) is 1. The quantitative estimate of drug-likeness (QED) is 0.792. The fraction of sp³-hybridized carbons (Fsp3) is 0.556. The molecule has 1 saturated heterocycles. The van der Waals surface area contributed by atoms with Gasteiger partial charge in [0, 0.05) is 24.8 Å². The Hall–Kier alpha value is -2.08. The van der Waals surface area contributed by atoms with Gasteiger partial charge < -0.3 is 19.9 Å². The molecule has 0 aliphatic carbocycles. The van der Waals surface area contributed by atoms with Crippen molar-refractivity contribution >= 4 is 17.5 Å². The Morgan fingerprint density at radius 2 is 2.17 bits per heavy atom. The number of carbonyl (C=O) groups excluding carboxylic acids is 2. The molecule has 1 heterocycles. The first-order chi connectivity index (χ1) is 11.5. The number of ether oxygens (including phenoxy) is 1. The number of methoxy groups -OCH3 is 1. The fourth-order valence-electron chi connectivity index (χ4n) is 3.03. The van der Waals surface area contributed by atoms with E-state index in [1.165, 1.54) is 6.42 Å². The zero-order valence-electron chi connectivity index (χ0n) is 14.8. The van der Waals surface area contributed by atoms with E-state index in [2.05, 4.69) is 12.2 Å². The predicted molar refractivity (Wildman–Crippen MR) is 93.2 cm³/mol. The molecule has 1 aromatic rings. The SMILES string of the molecule is COc1cccc(NC(=O)C[NH+](C)CC(=O)N2CCC[C@@H](C)C2)c1. The minimum absolute atomic E-state index is 0.111. The Balaban J connectivity index is 1.79. The molecule has 2 N–H and O–H groups in total. The second-order valence-corrected chi connectivity index (χ2v) is 6.68. The number of hydrogen-bond donors (Lipinski definition) is 2. The summed E-state index contributed by atoms with van der Waals surface area (Å²) in [5.41, 5.74) is 0.698. The number of piperidine rings is 1. The molecule has 1 aromatic carbocycles. The molecule has 0 bridgehead atoms. The summed E-state index contributed by atoms with van der Waals surface area (Å²) < 4.78 is 5.14. The van der Waals surface area contributed by atoms with Crippen LogP contribution in [-0.4, -0.2) is 57.1 Å². The third-order valence-corrected chi connectivity index (χ3v) is 4.28. The van der Waals surface area contributed by atoms with E-state index in [1.807, 2.05) is 30.1 Å². The molecule has 2 atom stereocenters. The highest BCUT2D eigenvalue weighted by Gasteiger charge is 2.24. The van der Waals surface area contributed by atoms with Crippen LogP contribution in [0.4, 0.5) is 5.69 Å². The highest BCUT2D eigenvalue weighted by atomic mass is 16.5. The van der Waals surface area contributed by atoms with Gasteiger partial charge in [-0.25, -0.2) is 0 Å². The van der Waals surface area contributed by atoms with Crippen LogP contribution in [0.5, 0.6) is 5.75 Å². The Kier molecular flexibility index (Phi) is 6.61.